The maximum atomic E-state index is 0. The molecule has 0 saturated heterocycles. The van der Waals surface area contributed by atoms with E-state index in [0.29, 0.717) is 0 Å². The molecule has 4 N–H and O–H groups in total. The fourth-order valence-electron chi connectivity index (χ4n) is 0. The number of hydrogen-bond acceptors (Lipinski definition) is 0. The summed E-state index contributed by atoms with van der Waals surface area (Å²) in [4.78, 5) is 0. The van der Waals surface area contributed by atoms with Crippen molar-refractivity contribution in [3.63, 3.8) is 0 Å². The Hall–Kier alpha value is 1.33. The van der Waals surface area contributed by atoms with Gasteiger partial charge in [0.15, 0.2) is 0 Å². The normalized spacial score (nSPS) is 0. The van der Waals surface area contributed by atoms with Crippen LogP contribution in [0.25, 0.3) is 0 Å². The third-order valence-corrected chi connectivity index (χ3v) is 0. The van der Waals surface area contributed by atoms with Crippen molar-refractivity contribution in [3.05, 3.63) is 0 Å². The Balaban J connectivity index is 0. The topological polar surface area (TPSA) is 63.0 Å². The quantitative estimate of drug-likeness (QED) is 0.424. The third kappa shape index (κ3) is 10.2. The summed E-state index contributed by atoms with van der Waals surface area (Å²) in [6.45, 7) is 0. The summed E-state index contributed by atoms with van der Waals surface area (Å²) in [6, 6.07) is 0. The molecule has 0 unspecified atom stereocenters. The zero-order valence-corrected chi connectivity index (χ0v) is 5.09. The van der Waals surface area contributed by atoms with Crippen LogP contribution >= 0.6 is 0 Å². The Morgan fingerprint density at radius 2 is 0.750 bits per heavy atom. The van der Waals surface area contributed by atoms with E-state index in [9.17, 15) is 0 Å². The maximum absolute atomic E-state index is 0. The van der Waals surface area contributed by atoms with Crippen LogP contribution in [0.3, 0.4) is 0 Å². The van der Waals surface area contributed by atoms with Gasteiger partial charge in [-0.05, 0) is 0 Å². The summed E-state index contributed by atoms with van der Waals surface area (Å²) in [5.41, 5.74) is 0. The van der Waals surface area contributed by atoms with Crippen LogP contribution in [-0.4, -0.2) is 28.5 Å². The Labute approximate surface area is 54.3 Å². The van der Waals surface area contributed by atoms with E-state index in [1.807, 2.05) is 0 Å². The molecule has 0 heterocycles. The van der Waals surface area contributed by atoms with Gasteiger partial charge in [0, 0.05) is 25.8 Å². The third-order valence-electron chi connectivity index (χ3n) is 0. The van der Waals surface area contributed by atoms with Gasteiger partial charge in [-0.2, -0.15) is 0 Å². The average molecular weight is 291 g/mol. The molecule has 0 amide bonds. The minimum absolute atomic E-state index is 0. The van der Waals surface area contributed by atoms with Crippen molar-refractivity contribution in [1.82, 2.24) is 0 Å². The van der Waals surface area contributed by atoms with Crippen LogP contribution in [0.2, 0.25) is 0 Å². The molecule has 0 aromatic rings. The molecule has 0 rings (SSSR count). The second-order valence-electron chi connectivity index (χ2n) is 0. The second kappa shape index (κ2) is 27.1. The predicted octanol–water partition coefficient (Wildman–Crippen LogP) is -3.10. The first-order chi connectivity index (χ1) is 0. The summed E-state index contributed by atoms with van der Waals surface area (Å²) >= 11 is 0. The summed E-state index contributed by atoms with van der Waals surface area (Å²) in [5, 5.41) is 0. The number of rotatable bonds is 0. The molecule has 28 valence electrons. The van der Waals surface area contributed by atoms with E-state index in [4.69, 9.17) is 0 Å². The molecular weight excluding hydrogens is 283 g/mol. The fourth-order valence-corrected chi connectivity index (χ4v) is 0. The van der Waals surface area contributed by atoms with Crippen molar-refractivity contribution in [2.24, 2.45) is 0 Å². The molecule has 0 aliphatic rings. The van der Waals surface area contributed by atoms with E-state index in [1.54, 1.807) is 0 Å². The molecular formula is H8GeHfO2. The monoisotopic (exact) mass is 294 g/mol. The smallest absolute Gasteiger partial charge is 0 e. The van der Waals surface area contributed by atoms with Gasteiger partial charge >= 0.3 is 17.6 Å². The van der Waals surface area contributed by atoms with Gasteiger partial charge in [0.25, 0.3) is 0 Å². The largest absolute Gasteiger partial charge is 0 e. The maximum Gasteiger partial charge on any atom is 0 e. The molecule has 0 aliphatic heterocycles. The van der Waals surface area contributed by atoms with Crippen molar-refractivity contribution < 1.29 is 36.8 Å². The Morgan fingerprint density at radius 3 is 0.750 bits per heavy atom. The van der Waals surface area contributed by atoms with Crippen molar-refractivity contribution in [2.45, 2.75) is 0 Å². The van der Waals surface area contributed by atoms with E-state index < -0.39 is 0 Å². The minimum Gasteiger partial charge on any atom is 0 e. The van der Waals surface area contributed by atoms with E-state index in [0.717, 1.165) is 0 Å². The van der Waals surface area contributed by atoms with Gasteiger partial charge < -0.3 is 11.0 Å². The molecule has 0 aromatic heterocycles. The molecule has 2 nitrogen and oxygen atoms in total. The molecule has 0 atom stereocenters. The summed E-state index contributed by atoms with van der Waals surface area (Å²) in [6.07, 6.45) is 0. The zero-order valence-electron chi connectivity index (χ0n) is 1.50. The van der Waals surface area contributed by atoms with Crippen LogP contribution in [0.15, 0.2) is 0 Å². The first-order valence-electron chi connectivity index (χ1n) is 0. The average Bonchev–Trinajstić information content (AvgIpc) is 0. The molecule has 4 heavy (non-hydrogen) atoms. The Bertz CT molecular complexity index is 6.00. The molecule has 0 saturated carbocycles. The van der Waals surface area contributed by atoms with Crippen LogP contribution in [0, 0.1) is 0 Å². The van der Waals surface area contributed by atoms with Crippen molar-refractivity contribution >= 4 is 17.6 Å². The van der Waals surface area contributed by atoms with Crippen LogP contribution in [0.4, 0.5) is 0 Å². The van der Waals surface area contributed by atoms with Crippen molar-refractivity contribution in [2.75, 3.05) is 0 Å². The summed E-state index contributed by atoms with van der Waals surface area (Å²) in [5.74, 6) is 0. The van der Waals surface area contributed by atoms with Crippen LogP contribution in [0.1, 0.15) is 0 Å². The standard InChI is InChI=1S/GeH4.Hf.2H2O/h1H4;;2*1H2. The van der Waals surface area contributed by atoms with Gasteiger partial charge in [0.05, 0.1) is 0 Å². The van der Waals surface area contributed by atoms with Gasteiger partial charge in [-0.15, -0.1) is 0 Å². The Morgan fingerprint density at radius 1 is 0.750 bits per heavy atom. The molecule has 0 fully saturated rings. The summed E-state index contributed by atoms with van der Waals surface area (Å²) < 4.78 is 0. The van der Waals surface area contributed by atoms with E-state index in [2.05, 4.69) is 0 Å². The zero-order chi connectivity index (χ0) is 0. The van der Waals surface area contributed by atoms with E-state index in [-0.39, 0.29) is 54.4 Å². The van der Waals surface area contributed by atoms with Crippen LogP contribution < -0.4 is 0 Å². The SMILES string of the molecule is O.O.[GeH4].[Hf]. The number of hydrogen-bond donors (Lipinski definition) is 0. The first kappa shape index (κ1) is 56.3. The molecule has 0 radical (unpaired) electrons. The van der Waals surface area contributed by atoms with Gasteiger partial charge in [-0.1, -0.05) is 0 Å². The minimum atomic E-state index is 0. The van der Waals surface area contributed by atoms with Gasteiger partial charge in [0.2, 0.25) is 0 Å². The van der Waals surface area contributed by atoms with Gasteiger partial charge in [0.1, 0.15) is 0 Å². The van der Waals surface area contributed by atoms with E-state index in [1.165, 1.54) is 0 Å². The molecule has 0 bridgehead atoms. The first-order valence-corrected chi connectivity index (χ1v) is 0. The molecule has 0 aromatic carbocycles. The Kier molecular flexibility index (Phi) is 382. The van der Waals surface area contributed by atoms with Crippen molar-refractivity contribution in [3.8, 4) is 0 Å². The van der Waals surface area contributed by atoms with Gasteiger partial charge in [-0.3, -0.25) is 0 Å². The van der Waals surface area contributed by atoms with E-state index >= 15 is 0 Å². The van der Waals surface area contributed by atoms with Crippen LogP contribution in [0.5, 0.6) is 0 Å². The molecule has 4 heteroatoms. The predicted molar refractivity (Wildman–Crippen MR) is 18.6 cm³/mol. The van der Waals surface area contributed by atoms with Gasteiger partial charge in [-0.25, -0.2) is 0 Å². The summed E-state index contributed by atoms with van der Waals surface area (Å²) in [7, 11) is 0. The van der Waals surface area contributed by atoms with Crippen LogP contribution in [-0.2, 0) is 25.8 Å². The van der Waals surface area contributed by atoms with Crippen molar-refractivity contribution in [1.29, 1.82) is 0 Å². The fraction of sp³-hybridized carbons (Fsp3) is 0. The molecule has 0 aliphatic carbocycles. The molecule has 0 spiro atoms. The second-order valence-corrected chi connectivity index (χ2v) is 0.